The van der Waals surface area contributed by atoms with Crippen molar-refractivity contribution in [1.29, 1.82) is 0 Å². The van der Waals surface area contributed by atoms with Crippen molar-refractivity contribution in [2.24, 2.45) is 11.8 Å². The van der Waals surface area contributed by atoms with Crippen molar-refractivity contribution in [2.45, 2.75) is 45.1 Å². The van der Waals surface area contributed by atoms with E-state index < -0.39 is 17.4 Å². The molecule has 3 rings (SSSR count). The van der Waals surface area contributed by atoms with Crippen LogP contribution in [0.3, 0.4) is 0 Å². The monoisotopic (exact) mass is 363 g/mol. The quantitative estimate of drug-likeness (QED) is 0.746. The van der Waals surface area contributed by atoms with Crippen LogP contribution in [0, 0.1) is 17.7 Å². The summed E-state index contributed by atoms with van der Waals surface area (Å²) in [6, 6.07) is 4.90. The molecule has 2 bridgehead atoms. The van der Waals surface area contributed by atoms with E-state index in [9.17, 15) is 14.0 Å². The van der Waals surface area contributed by atoms with Crippen LogP contribution in [0.15, 0.2) is 18.2 Å². The van der Waals surface area contributed by atoms with Crippen LogP contribution in [0.2, 0.25) is 0 Å². The molecule has 5 nitrogen and oxygen atoms in total. The summed E-state index contributed by atoms with van der Waals surface area (Å²) < 4.78 is 25.1. The van der Waals surface area contributed by atoms with E-state index in [1.54, 1.807) is 17.0 Å². The van der Waals surface area contributed by atoms with E-state index in [-0.39, 0.29) is 29.4 Å². The van der Waals surface area contributed by atoms with Gasteiger partial charge in [0.05, 0.1) is 12.7 Å². The van der Waals surface area contributed by atoms with Crippen LogP contribution >= 0.6 is 0 Å². The highest BCUT2D eigenvalue weighted by atomic mass is 19.1. The molecule has 1 aromatic rings. The lowest BCUT2D eigenvalue weighted by Crippen LogP contribution is -2.46. The number of likely N-dealkylation sites (tertiary alicyclic amines) is 1. The van der Waals surface area contributed by atoms with E-state index >= 15 is 0 Å². The number of methoxy groups -OCH3 is 1. The van der Waals surface area contributed by atoms with Crippen molar-refractivity contribution in [1.82, 2.24) is 4.90 Å². The molecule has 1 heterocycles. The van der Waals surface area contributed by atoms with E-state index in [0.29, 0.717) is 18.7 Å². The molecule has 1 aromatic carbocycles. The number of hydrogen-bond donors (Lipinski definition) is 0. The maximum atomic E-state index is 14.9. The van der Waals surface area contributed by atoms with Crippen molar-refractivity contribution >= 4 is 12.1 Å². The van der Waals surface area contributed by atoms with Crippen LogP contribution in [0.4, 0.5) is 9.18 Å². The first-order valence-electron chi connectivity index (χ1n) is 9.06. The van der Waals surface area contributed by atoms with Crippen LogP contribution in [0.25, 0.3) is 0 Å². The number of benzene rings is 1. The average Bonchev–Trinajstić information content (AvgIpc) is 2.82. The minimum atomic E-state index is -0.664. The molecule has 1 saturated carbocycles. The smallest absolute Gasteiger partial charge is 0.410 e. The minimum absolute atomic E-state index is 0.0123. The van der Waals surface area contributed by atoms with E-state index in [2.05, 4.69) is 4.74 Å². The summed E-state index contributed by atoms with van der Waals surface area (Å²) >= 11 is 0. The van der Waals surface area contributed by atoms with Gasteiger partial charge in [-0.2, -0.15) is 0 Å². The molecule has 0 radical (unpaired) electrons. The van der Waals surface area contributed by atoms with Gasteiger partial charge in [0.25, 0.3) is 0 Å². The molecule has 1 amide bonds. The van der Waals surface area contributed by atoms with Crippen LogP contribution in [-0.4, -0.2) is 42.8 Å². The van der Waals surface area contributed by atoms with Gasteiger partial charge >= 0.3 is 12.1 Å². The van der Waals surface area contributed by atoms with E-state index in [0.717, 1.165) is 12.8 Å². The molecular formula is C20H26FNO4. The number of ether oxygens (including phenoxy) is 2. The Balaban J connectivity index is 1.81. The number of amides is 1. The molecule has 1 aliphatic heterocycles. The largest absolute Gasteiger partial charge is 0.465 e. The molecule has 0 spiro atoms. The molecule has 142 valence electrons. The predicted octanol–water partition coefficient (Wildman–Crippen LogP) is 3.97. The summed E-state index contributed by atoms with van der Waals surface area (Å²) in [7, 11) is 1.25. The second-order valence-corrected chi connectivity index (χ2v) is 8.21. The van der Waals surface area contributed by atoms with Gasteiger partial charge in [-0.1, -0.05) is 12.1 Å². The summed E-state index contributed by atoms with van der Waals surface area (Å²) in [5.41, 5.74) is -0.00305. The van der Waals surface area contributed by atoms with Crippen LogP contribution < -0.4 is 0 Å². The summed E-state index contributed by atoms with van der Waals surface area (Å²) in [5, 5.41) is 0. The molecule has 2 fully saturated rings. The van der Waals surface area contributed by atoms with Crippen molar-refractivity contribution in [2.75, 3.05) is 20.2 Å². The molecule has 0 N–H and O–H groups in total. The highest BCUT2D eigenvalue weighted by Gasteiger charge is 2.46. The normalized spacial score (nSPS) is 25.1. The summed E-state index contributed by atoms with van der Waals surface area (Å²) in [6.07, 6.45) is 1.57. The third-order valence-corrected chi connectivity index (χ3v) is 5.28. The Morgan fingerprint density at radius 1 is 1.15 bits per heavy atom. The highest BCUT2D eigenvalue weighted by molar-refractivity contribution is 5.89. The van der Waals surface area contributed by atoms with Gasteiger partial charge in [-0.05, 0) is 63.0 Å². The number of hydrogen-bond acceptors (Lipinski definition) is 4. The Hall–Kier alpha value is -2.11. The first-order valence-corrected chi connectivity index (χ1v) is 9.06. The molecule has 1 aliphatic carbocycles. The summed E-state index contributed by atoms with van der Waals surface area (Å²) in [4.78, 5) is 25.9. The van der Waals surface area contributed by atoms with Gasteiger partial charge in [0.1, 0.15) is 11.4 Å². The maximum absolute atomic E-state index is 14.9. The first-order chi connectivity index (χ1) is 12.2. The number of carbonyl (C=O) groups excluding carboxylic acids is 2. The molecular weight excluding hydrogens is 337 g/mol. The van der Waals surface area contributed by atoms with E-state index in [4.69, 9.17) is 4.74 Å². The fourth-order valence-electron chi connectivity index (χ4n) is 4.28. The van der Waals surface area contributed by atoms with Crippen LogP contribution in [-0.2, 0) is 9.47 Å². The van der Waals surface area contributed by atoms with Gasteiger partial charge in [0.2, 0.25) is 0 Å². The van der Waals surface area contributed by atoms with Gasteiger partial charge in [-0.25, -0.2) is 14.0 Å². The number of halogens is 1. The fraction of sp³-hybridized carbons (Fsp3) is 0.600. The molecule has 0 aromatic heterocycles. The zero-order valence-corrected chi connectivity index (χ0v) is 15.8. The average molecular weight is 363 g/mol. The standard InChI is InChI=1S/C20H26FNO4/c1-20(2,3)26-19(24)22-10-12-8-9-13(11-22)16(12)14-6-5-7-15(17(14)21)18(23)25-4/h5-7,12-13,16H,8-11H2,1-4H3/t12-,13+,16?. The third kappa shape index (κ3) is 3.55. The Morgan fingerprint density at radius 2 is 1.77 bits per heavy atom. The Kier molecular flexibility index (Phi) is 4.95. The summed E-state index contributed by atoms with van der Waals surface area (Å²) in [5.74, 6) is -0.805. The first kappa shape index (κ1) is 18.7. The number of piperidine rings is 1. The van der Waals surface area contributed by atoms with E-state index in [1.165, 1.54) is 13.2 Å². The van der Waals surface area contributed by atoms with Crippen molar-refractivity contribution in [3.63, 3.8) is 0 Å². The molecule has 26 heavy (non-hydrogen) atoms. The van der Waals surface area contributed by atoms with Gasteiger partial charge in [0.15, 0.2) is 0 Å². The maximum Gasteiger partial charge on any atom is 0.410 e. The van der Waals surface area contributed by atoms with Gasteiger partial charge in [-0.15, -0.1) is 0 Å². The number of fused-ring (bicyclic) bond motifs is 2. The zero-order valence-electron chi connectivity index (χ0n) is 15.8. The number of rotatable bonds is 2. The predicted molar refractivity (Wildman–Crippen MR) is 94.5 cm³/mol. The Bertz CT molecular complexity index is 698. The highest BCUT2D eigenvalue weighted by Crippen LogP contribution is 2.49. The topological polar surface area (TPSA) is 55.8 Å². The summed E-state index contributed by atoms with van der Waals surface area (Å²) in [6.45, 7) is 6.65. The number of esters is 1. The third-order valence-electron chi connectivity index (χ3n) is 5.28. The molecule has 1 unspecified atom stereocenters. The molecule has 1 saturated heterocycles. The molecule has 2 aliphatic rings. The second-order valence-electron chi connectivity index (χ2n) is 8.21. The van der Waals surface area contributed by atoms with Gasteiger partial charge < -0.3 is 14.4 Å². The Labute approximate surface area is 153 Å². The fourth-order valence-corrected chi connectivity index (χ4v) is 4.28. The van der Waals surface area contributed by atoms with Crippen molar-refractivity contribution in [3.05, 3.63) is 35.1 Å². The number of nitrogens with zero attached hydrogens (tertiary/aromatic N) is 1. The van der Waals surface area contributed by atoms with E-state index in [1.807, 2.05) is 20.8 Å². The van der Waals surface area contributed by atoms with Crippen LogP contribution in [0.1, 0.15) is 55.5 Å². The lowest BCUT2D eigenvalue weighted by Gasteiger charge is -2.39. The number of carbonyl (C=O) groups is 2. The SMILES string of the molecule is COC(=O)c1cccc(C2[C@@H]3CC[C@H]2CN(C(=O)OC(C)(C)C)C3)c1F. The lowest BCUT2D eigenvalue weighted by molar-refractivity contribution is 0.0128. The van der Waals surface area contributed by atoms with Gasteiger partial charge in [0, 0.05) is 13.1 Å². The second kappa shape index (κ2) is 6.89. The van der Waals surface area contributed by atoms with Crippen LogP contribution in [0.5, 0.6) is 0 Å². The van der Waals surface area contributed by atoms with Crippen molar-refractivity contribution in [3.8, 4) is 0 Å². The Morgan fingerprint density at radius 3 is 2.31 bits per heavy atom. The minimum Gasteiger partial charge on any atom is -0.465 e. The zero-order chi connectivity index (χ0) is 19.1. The van der Waals surface area contributed by atoms with Gasteiger partial charge in [-0.3, -0.25) is 0 Å². The lowest BCUT2D eigenvalue weighted by atomic mass is 9.79. The molecule has 6 heteroatoms. The van der Waals surface area contributed by atoms with Crippen molar-refractivity contribution < 1.29 is 23.5 Å². The molecule has 3 atom stereocenters.